The highest BCUT2D eigenvalue weighted by molar-refractivity contribution is 5.93. The van der Waals surface area contributed by atoms with Crippen molar-refractivity contribution < 1.29 is 18.0 Å². The van der Waals surface area contributed by atoms with Crippen molar-refractivity contribution in [3.8, 4) is 0 Å². The van der Waals surface area contributed by atoms with E-state index in [2.05, 4.69) is 15.5 Å². The number of hydrogen-bond donors (Lipinski definition) is 1. The maximum Gasteiger partial charge on any atom is 0.435 e. The van der Waals surface area contributed by atoms with Crippen LogP contribution < -0.4 is 5.32 Å². The summed E-state index contributed by atoms with van der Waals surface area (Å²) >= 11 is 0. The van der Waals surface area contributed by atoms with Gasteiger partial charge >= 0.3 is 6.18 Å². The molecule has 1 amide bonds. The standard InChI is InChI=1S/C16H20F3N5O/c1-4-23-9(2)12(8-20-23)21-15(25)10(3)24-13(11-5-6-11)7-14(22-24)16(17,18)19/h7-8,10-11H,4-6H2,1-3H3,(H,21,25). The highest BCUT2D eigenvalue weighted by Crippen LogP contribution is 2.43. The van der Waals surface area contributed by atoms with Crippen LogP contribution in [0.3, 0.4) is 0 Å². The number of anilines is 1. The van der Waals surface area contributed by atoms with Crippen LogP contribution in [-0.2, 0) is 17.5 Å². The number of halogens is 3. The van der Waals surface area contributed by atoms with Gasteiger partial charge in [-0.2, -0.15) is 23.4 Å². The lowest BCUT2D eigenvalue weighted by molar-refractivity contribution is -0.141. The molecular weight excluding hydrogens is 335 g/mol. The fraction of sp³-hybridized carbons (Fsp3) is 0.562. The van der Waals surface area contributed by atoms with Crippen LogP contribution in [0.15, 0.2) is 12.3 Å². The Morgan fingerprint density at radius 1 is 1.44 bits per heavy atom. The number of nitrogens with zero attached hydrogens (tertiary/aromatic N) is 4. The van der Waals surface area contributed by atoms with Crippen molar-refractivity contribution in [1.29, 1.82) is 0 Å². The van der Waals surface area contributed by atoms with E-state index < -0.39 is 23.8 Å². The molecule has 6 nitrogen and oxygen atoms in total. The summed E-state index contributed by atoms with van der Waals surface area (Å²) in [5.41, 5.74) is 0.858. The van der Waals surface area contributed by atoms with Crippen LogP contribution in [0.5, 0.6) is 0 Å². The molecule has 2 aromatic heterocycles. The first kappa shape index (κ1) is 17.5. The molecule has 25 heavy (non-hydrogen) atoms. The van der Waals surface area contributed by atoms with Crippen LogP contribution in [-0.4, -0.2) is 25.5 Å². The van der Waals surface area contributed by atoms with Crippen molar-refractivity contribution in [2.75, 3.05) is 5.32 Å². The second-order valence-electron chi connectivity index (χ2n) is 6.30. The van der Waals surface area contributed by atoms with Gasteiger partial charge in [0.25, 0.3) is 0 Å². The van der Waals surface area contributed by atoms with E-state index in [0.29, 0.717) is 17.9 Å². The average Bonchev–Trinajstić information content (AvgIpc) is 3.19. The molecule has 1 fully saturated rings. The molecule has 0 spiro atoms. The zero-order chi connectivity index (χ0) is 18.4. The number of carbonyl (C=O) groups is 1. The Morgan fingerprint density at radius 3 is 2.64 bits per heavy atom. The molecule has 0 aromatic carbocycles. The topological polar surface area (TPSA) is 64.7 Å². The smallest absolute Gasteiger partial charge is 0.321 e. The monoisotopic (exact) mass is 355 g/mol. The molecule has 1 atom stereocenters. The normalized spacial score (nSPS) is 16.1. The van der Waals surface area contributed by atoms with E-state index in [9.17, 15) is 18.0 Å². The zero-order valence-corrected chi connectivity index (χ0v) is 14.3. The van der Waals surface area contributed by atoms with E-state index in [0.717, 1.165) is 24.6 Å². The summed E-state index contributed by atoms with van der Waals surface area (Å²) in [5, 5.41) is 10.5. The van der Waals surface area contributed by atoms with E-state index in [1.165, 1.54) is 10.9 Å². The Labute approximate surface area is 143 Å². The van der Waals surface area contributed by atoms with Gasteiger partial charge in [0.05, 0.1) is 17.6 Å². The molecule has 0 aliphatic heterocycles. The van der Waals surface area contributed by atoms with E-state index >= 15 is 0 Å². The van der Waals surface area contributed by atoms with Crippen LogP contribution in [0, 0.1) is 6.92 Å². The van der Waals surface area contributed by atoms with Crippen molar-refractivity contribution in [3.05, 3.63) is 29.3 Å². The molecule has 2 heterocycles. The van der Waals surface area contributed by atoms with E-state index in [4.69, 9.17) is 0 Å². The van der Waals surface area contributed by atoms with Crippen molar-refractivity contribution >= 4 is 11.6 Å². The molecule has 2 aromatic rings. The molecule has 1 aliphatic rings. The molecule has 1 unspecified atom stereocenters. The zero-order valence-electron chi connectivity index (χ0n) is 14.3. The van der Waals surface area contributed by atoms with Gasteiger partial charge in [0.15, 0.2) is 5.69 Å². The maximum absolute atomic E-state index is 13.0. The Morgan fingerprint density at radius 2 is 2.12 bits per heavy atom. The predicted molar refractivity (Wildman–Crippen MR) is 85.2 cm³/mol. The molecule has 1 aliphatic carbocycles. The number of amides is 1. The lowest BCUT2D eigenvalue weighted by atomic mass is 10.2. The maximum atomic E-state index is 13.0. The quantitative estimate of drug-likeness (QED) is 0.893. The third kappa shape index (κ3) is 3.40. The van der Waals surface area contributed by atoms with Crippen molar-refractivity contribution in [1.82, 2.24) is 19.6 Å². The molecule has 1 saturated carbocycles. The highest BCUT2D eigenvalue weighted by Gasteiger charge is 2.39. The van der Waals surface area contributed by atoms with Gasteiger partial charge in [-0.05, 0) is 39.7 Å². The summed E-state index contributed by atoms with van der Waals surface area (Å²) in [5.74, 6) is -0.374. The summed E-state index contributed by atoms with van der Waals surface area (Å²) in [6, 6.07) is 0.206. The van der Waals surface area contributed by atoms with Gasteiger partial charge in [-0.25, -0.2) is 0 Å². The molecule has 9 heteroatoms. The van der Waals surface area contributed by atoms with Gasteiger partial charge in [0, 0.05) is 18.2 Å². The molecule has 136 valence electrons. The molecule has 0 radical (unpaired) electrons. The van der Waals surface area contributed by atoms with Crippen molar-refractivity contribution in [2.24, 2.45) is 0 Å². The van der Waals surface area contributed by atoms with Crippen LogP contribution in [0.4, 0.5) is 18.9 Å². The second-order valence-corrected chi connectivity index (χ2v) is 6.30. The minimum Gasteiger partial charge on any atom is -0.321 e. The minimum absolute atomic E-state index is 0.0448. The minimum atomic E-state index is -4.52. The van der Waals surface area contributed by atoms with E-state index in [-0.39, 0.29) is 5.92 Å². The first-order chi connectivity index (χ1) is 11.7. The van der Waals surface area contributed by atoms with Crippen molar-refractivity contribution in [2.45, 2.75) is 58.3 Å². The van der Waals surface area contributed by atoms with Crippen LogP contribution in [0.25, 0.3) is 0 Å². The van der Waals surface area contributed by atoms with Crippen LogP contribution >= 0.6 is 0 Å². The average molecular weight is 355 g/mol. The largest absolute Gasteiger partial charge is 0.435 e. The summed E-state index contributed by atoms with van der Waals surface area (Å²) in [6.45, 7) is 5.96. The first-order valence-corrected chi connectivity index (χ1v) is 8.22. The number of hydrogen-bond acceptors (Lipinski definition) is 3. The number of carbonyl (C=O) groups excluding carboxylic acids is 1. The Kier molecular flexibility index (Phi) is 4.34. The molecule has 0 saturated heterocycles. The Bertz CT molecular complexity index is 788. The van der Waals surface area contributed by atoms with Gasteiger partial charge in [0.2, 0.25) is 5.91 Å². The number of aromatic nitrogens is 4. The van der Waals surface area contributed by atoms with E-state index in [1.807, 2.05) is 13.8 Å². The SMILES string of the molecule is CCn1ncc(NC(=O)C(C)n2nc(C(F)(F)F)cc2C2CC2)c1C. The van der Waals surface area contributed by atoms with Crippen molar-refractivity contribution in [3.63, 3.8) is 0 Å². The lowest BCUT2D eigenvalue weighted by Gasteiger charge is -2.15. The molecule has 0 bridgehead atoms. The number of aryl methyl sites for hydroxylation is 1. The summed E-state index contributed by atoms with van der Waals surface area (Å²) in [7, 11) is 0. The van der Waals surface area contributed by atoms with Gasteiger partial charge in [-0.1, -0.05) is 0 Å². The highest BCUT2D eigenvalue weighted by atomic mass is 19.4. The van der Waals surface area contributed by atoms with E-state index in [1.54, 1.807) is 11.6 Å². The number of nitrogens with one attached hydrogen (secondary N) is 1. The first-order valence-electron chi connectivity index (χ1n) is 8.22. The fourth-order valence-electron chi connectivity index (χ4n) is 2.78. The van der Waals surface area contributed by atoms with Crippen LogP contribution in [0.1, 0.15) is 55.7 Å². The summed E-state index contributed by atoms with van der Waals surface area (Å²) in [4.78, 5) is 12.5. The third-order valence-electron chi connectivity index (χ3n) is 4.46. The summed E-state index contributed by atoms with van der Waals surface area (Å²) < 4.78 is 41.9. The van der Waals surface area contributed by atoms with Gasteiger partial charge in [0.1, 0.15) is 6.04 Å². The third-order valence-corrected chi connectivity index (χ3v) is 4.46. The molecule has 3 rings (SSSR count). The second kappa shape index (κ2) is 6.20. The number of alkyl halides is 3. The lowest BCUT2D eigenvalue weighted by Crippen LogP contribution is -2.26. The van der Waals surface area contributed by atoms with Gasteiger partial charge < -0.3 is 5.32 Å². The van der Waals surface area contributed by atoms with Gasteiger partial charge in [-0.3, -0.25) is 14.2 Å². The number of rotatable bonds is 5. The Balaban J connectivity index is 1.84. The Hall–Kier alpha value is -2.32. The van der Waals surface area contributed by atoms with Gasteiger partial charge in [-0.15, -0.1) is 0 Å². The predicted octanol–water partition coefficient (Wildman–Crippen LogP) is 3.50. The summed E-state index contributed by atoms with van der Waals surface area (Å²) in [6.07, 6.45) is -1.35. The fourth-order valence-corrected chi connectivity index (χ4v) is 2.78. The van der Waals surface area contributed by atoms with Crippen LogP contribution in [0.2, 0.25) is 0 Å². The molecule has 1 N–H and O–H groups in total. The molecular formula is C16H20F3N5O.